The van der Waals surface area contributed by atoms with Crippen LogP contribution in [0.1, 0.15) is 40.9 Å². The van der Waals surface area contributed by atoms with Crippen molar-refractivity contribution in [2.45, 2.75) is 34.6 Å². The molecule has 3 aromatic rings. The van der Waals surface area contributed by atoms with Crippen LogP contribution in [0.5, 0.6) is 0 Å². The first-order chi connectivity index (χ1) is 13.4. The highest BCUT2D eigenvalue weighted by atomic mass is 35.5. The Morgan fingerprint density at radius 2 is 1.72 bits per heavy atom. The number of anilines is 1. The standard InChI is InChI=1S/C23H29N3OS.ClH/c1-6-25(7-2)13-14-26(22(27)19-15-16(3)11-12-17(19)4)23-24-21-18(5)9-8-10-20(21)28-23;/h8-12,15H,6-7,13-14H2,1-5H3;1H. The summed E-state index contributed by atoms with van der Waals surface area (Å²) in [5.74, 6) is 0.0325. The fourth-order valence-corrected chi connectivity index (χ4v) is 4.43. The van der Waals surface area contributed by atoms with Gasteiger partial charge < -0.3 is 4.90 Å². The van der Waals surface area contributed by atoms with Crippen molar-refractivity contribution in [3.63, 3.8) is 0 Å². The number of aryl methyl sites for hydroxylation is 3. The molecule has 1 heterocycles. The van der Waals surface area contributed by atoms with Crippen LogP contribution in [0.2, 0.25) is 0 Å². The van der Waals surface area contributed by atoms with Gasteiger partial charge in [0.25, 0.3) is 5.91 Å². The van der Waals surface area contributed by atoms with E-state index >= 15 is 0 Å². The van der Waals surface area contributed by atoms with Gasteiger partial charge in [-0.1, -0.05) is 55.0 Å². The number of hydrogen-bond donors (Lipinski definition) is 0. The van der Waals surface area contributed by atoms with Crippen LogP contribution in [0.25, 0.3) is 10.2 Å². The molecular weight excluding hydrogens is 402 g/mol. The smallest absolute Gasteiger partial charge is 0.260 e. The lowest BCUT2D eigenvalue weighted by Crippen LogP contribution is -2.39. The van der Waals surface area contributed by atoms with Crippen LogP contribution < -0.4 is 4.90 Å². The first-order valence-corrected chi connectivity index (χ1v) is 10.7. The van der Waals surface area contributed by atoms with Gasteiger partial charge in [-0.05, 0) is 57.1 Å². The third-order valence-electron chi connectivity index (χ3n) is 5.24. The molecule has 0 N–H and O–H groups in total. The first kappa shape index (κ1) is 23.3. The normalized spacial score (nSPS) is 11.0. The van der Waals surface area contributed by atoms with Crippen molar-refractivity contribution >= 4 is 45.0 Å². The van der Waals surface area contributed by atoms with Crippen LogP contribution in [0.3, 0.4) is 0 Å². The molecule has 29 heavy (non-hydrogen) atoms. The lowest BCUT2D eigenvalue weighted by Gasteiger charge is -2.25. The zero-order valence-electron chi connectivity index (χ0n) is 17.9. The molecule has 2 aromatic carbocycles. The van der Waals surface area contributed by atoms with Crippen LogP contribution in [0.15, 0.2) is 36.4 Å². The van der Waals surface area contributed by atoms with Gasteiger partial charge >= 0.3 is 0 Å². The van der Waals surface area contributed by atoms with Crippen molar-refractivity contribution in [2.24, 2.45) is 0 Å². The van der Waals surface area contributed by atoms with E-state index in [4.69, 9.17) is 4.98 Å². The summed E-state index contributed by atoms with van der Waals surface area (Å²) >= 11 is 1.59. The van der Waals surface area contributed by atoms with Crippen molar-refractivity contribution in [1.29, 1.82) is 0 Å². The number of rotatable bonds is 7. The maximum absolute atomic E-state index is 13.5. The Labute approximate surface area is 184 Å². The predicted molar refractivity (Wildman–Crippen MR) is 127 cm³/mol. The minimum absolute atomic E-state index is 0. The van der Waals surface area contributed by atoms with Gasteiger partial charge in [-0.2, -0.15) is 0 Å². The number of likely N-dealkylation sites (N-methyl/N-ethyl adjacent to an activating group) is 1. The van der Waals surface area contributed by atoms with Crippen molar-refractivity contribution < 1.29 is 4.79 Å². The zero-order chi connectivity index (χ0) is 20.3. The van der Waals surface area contributed by atoms with Crippen LogP contribution in [0, 0.1) is 20.8 Å². The minimum Gasteiger partial charge on any atom is -0.302 e. The Morgan fingerprint density at radius 3 is 2.38 bits per heavy atom. The van der Waals surface area contributed by atoms with E-state index in [1.165, 1.54) is 0 Å². The van der Waals surface area contributed by atoms with E-state index in [-0.39, 0.29) is 18.3 Å². The molecule has 0 bridgehead atoms. The van der Waals surface area contributed by atoms with E-state index < -0.39 is 0 Å². The molecule has 0 spiro atoms. The molecule has 0 radical (unpaired) electrons. The van der Waals surface area contributed by atoms with Crippen molar-refractivity contribution in [1.82, 2.24) is 9.88 Å². The largest absolute Gasteiger partial charge is 0.302 e. The molecule has 0 atom stereocenters. The van der Waals surface area contributed by atoms with E-state index in [9.17, 15) is 4.79 Å². The summed E-state index contributed by atoms with van der Waals surface area (Å²) in [5.41, 5.74) is 4.99. The highest BCUT2D eigenvalue weighted by molar-refractivity contribution is 7.22. The number of amides is 1. The Kier molecular flexibility index (Phi) is 8.20. The second-order valence-corrected chi connectivity index (χ2v) is 8.23. The van der Waals surface area contributed by atoms with E-state index in [1.807, 2.05) is 43.0 Å². The number of hydrogen-bond acceptors (Lipinski definition) is 4. The highest BCUT2D eigenvalue weighted by Crippen LogP contribution is 2.31. The molecule has 1 amide bonds. The third kappa shape index (κ3) is 5.16. The van der Waals surface area contributed by atoms with E-state index in [0.717, 1.165) is 57.2 Å². The first-order valence-electron chi connectivity index (χ1n) is 9.92. The molecule has 0 saturated carbocycles. The molecule has 0 saturated heterocycles. The topological polar surface area (TPSA) is 36.4 Å². The maximum atomic E-state index is 13.5. The number of para-hydroxylation sites is 1. The van der Waals surface area contributed by atoms with Gasteiger partial charge in [-0.3, -0.25) is 9.69 Å². The summed E-state index contributed by atoms with van der Waals surface area (Å²) in [6.07, 6.45) is 0. The molecule has 0 aliphatic rings. The average Bonchev–Trinajstić information content (AvgIpc) is 3.12. The van der Waals surface area contributed by atoms with Crippen molar-refractivity contribution in [3.8, 4) is 0 Å². The molecule has 1 aromatic heterocycles. The summed E-state index contributed by atoms with van der Waals surface area (Å²) in [6, 6.07) is 12.3. The summed E-state index contributed by atoms with van der Waals surface area (Å²) in [5, 5.41) is 0.780. The molecule has 0 aliphatic heterocycles. The Balaban J connectivity index is 0.00000300. The number of carbonyl (C=O) groups is 1. The van der Waals surface area contributed by atoms with Gasteiger partial charge in [0.05, 0.1) is 10.2 Å². The Morgan fingerprint density at radius 1 is 1.00 bits per heavy atom. The maximum Gasteiger partial charge on any atom is 0.260 e. The number of fused-ring (bicyclic) bond motifs is 1. The van der Waals surface area contributed by atoms with Crippen molar-refractivity contribution in [2.75, 3.05) is 31.1 Å². The van der Waals surface area contributed by atoms with E-state index in [1.54, 1.807) is 11.3 Å². The average molecular weight is 432 g/mol. The van der Waals surface area contributed by atoms with Gasteiger partial charge in [-0.15, -0.1) is 12.4 Å². The number of carbonyl (C=O) groups excluding carboxylic acids is 1. The van der Waals surface area contributed by atoms with E-state index in [0.29, 0.717) is 6.54 Å². The van der Waals surface area contributed by atoms with Gasteiger partial charge in [-0.25, -0.2) is 4.98 Å². The van der Waals surface area contributed by atoms with Crippen LogP contribution >= 0.6 is 23.7 Å². The fraction of sp³-hybridized carbons (Fsp3) is 0.391. The second kappa shape index (κ2) is 10.2. The van der Waals surface area contributed by atoms with Crippen LogP contribution in [-0.2, 0) is 0 Å². The van der Waals surface area contributed by atoms with Gasteiger partial charge in [0, 0.05) is 18.7 Å². The van der Waals surface area contributed by atoms with Crippen LogP contribution in [-0.4, -0.2) is 42.0 Å². The Bertz CT molecular complexity index is 981. The highest BCUT2D eigenvalue weighted by Gasteiger charge is 2.23. The number of aromatic nitrogens is 1. The van der Waals surface area contributed by atoms with Gasteiger partial charge in [0.2, 0.25) is 0 Å². The SMILES string of the molecule is CCN(CC)CCN(C(=O)c1cc(C)ccc1C)c1nc2c(C)cccc2s1.Cl. The summed E-state index contributed by atoms with van der Waals surface area (Å²) in [4.78, 5) is 22.6. The molecule has 3 rings (SSSR count). The van der Waals surface area contributed by atoms with Crippen LogP contribution in [0.4, 0.5) is 5.13 Å². The monoisotopic (exact) mass is 431 g/mol. The fourth-order valence-electron chi connectivity index (χ4n) is 3.37. The molecule has 0 fully saturated rings. The molecular formula is C23H30ClN3OS. The molecule has 0 unspecified atom stereocenters. The molecule has 156 valence electrons. The third-order valence-corrected chi connectivity index (χ3v) is 6.29. The minimum atomic E-state index is 0. The predicted octanol–water partition coefficient (Wildman–Crippen LogP) is 5.63. The zero-order valence-corrected chi connectivity index (χ0v) is 19.5. The number of benzene rings is 2. The van der Waals surface area contributed by atoms with E-state index in [2.05, 4.69) is 37.8 Å². The molecule has 6 heteroatoms. The number of nitrogens with zero attached hydrogens (tertiary/aromatic N) is 3. The summed E-state index contributed by atoms with van der Waals surface area (Å²) in [7, 11) is 0. The van der Waals surface area contributed by atoms with Gasteiger partial charge in [0.15, 0.2) is 5.13 Å². The number of halogens is 1. The number of thiazole rings is 1. The summed E-state index contributed by atoms with van der Waals surface area (Å²) < 4.78 is 1.12. The lowest BCUT2D eigenvalue weighted by molar-refractivity contribution is 0.0983. The Hall–Kier alpha value is -1.95. The molecule has 4 nitrogen and oxygen atoms in total. The second-order valence-electron chi connectivity index (χ2n) is 7.22. The summed E-state index contributed by atoms with van der Waals surface area (Å²) in [6.45, 7) is 13.8. The van der Waals surface area contributed by atoms with Crippen molar-refractivity contribution in [3.05, 3.63) is 58.7 Å². The van der Waals surface area contributed by atoms with Gasteiger partial charge in [0.1, 0.15) is 0 Å². The lowest BCUT2D eigenvalue weighted by atomic mass is 10.0. The quantitative estimate of drug-likeness (QED) is 0.486. The molecule has 0 aliphatic carbocycles.